The number of aliphatic carboxylic acids is 1. The summed E-state index contributed by atoms with van der Waals surface area (Å²) in [6, 6.07) is 3.41. The molecule has 0 amide bonds. The van der Waals surface area contributed by atoms with E-state index in [1.54, 1.807) is 0 Å². The quantitative estimate of drug-likeness (QED) is 0.646. The van der Waals surface area contributed by atoms with Gasteiger partial charge < -0.3 is 9.84 Å². The molecule has 5 heteroatoms. The smallest absolute Gasteiger partial charge is 0.317 e. The number of hydrogen-bond acceptors (Lipinski definition) is 3. The molecule has 0 bridgehead atoms. The molecule has 0 radical (unpaired) electrons. The molecule has 0 aliphatic heterocycles. The Labute approximate surface area is 98.0 Å². The zero-order chi connectivity index (χ0) is 13.2. The summed E-state index contributed by atoms with van der Waals surface area (Å²) in [5.74, 6) is -2.42. The maximum atomic E-state index is 13.1. The lowest BCUT2D eigenvalue weighted by Crippen LogP contribution is -2.33. The Morgan fingerprint density at radius 1 is 1.35 bits per heavy atom. The molecule has 0 fully saturated rings. The monoisotopic (exact) mass is 240 g/mol. The minimum atomic E-state index is -1.62. The second kappa shape index (κ2) is 4.53. The van der Waals surface area contributed by atoms with E-state index >= 15 is 0 Å². The van der Waals surface area contributed by atoms with Crippen LogP contribution >= 0.6 is 0 Å². The molecule has 0 aliphatic carbocycles. The highest BCUT2D eigenvalue weighted by atomic mass is 19.1. The molecular weight excluding hydrogens is 227 g/mol. The topological polar surface area (TPSA) is 63.6 Å². The number of carbonyl (C=O) groups is 2. The van der Waals surface area contributed by atoms with Crippen molar-refractivity contribution in [2.24, 2.45) is 5.41 Å². The Kier molecular flexibility index (Phi) is 3.50. The fourth-order valence-corrected chi connectivity index (χ4v) is 1.29. The molecule has 1 aromatic carbocycles. The van der Waals surface area contributed by atoms with E-state index in [2.05, 4.69) is 0 Å². The van der Waals surface area contributed by atoms with E-state index in [-0.39, 0.29) is 11.3 Å². The number of methoxy groups -OCH3 is 1. The number of halogens is 1. The number of benzene rings is 1. The summed E-state index contributed by atoms with van der Waals surface area (Å²) in [5.41, 5.74) is -1.69. The molecule has 0 heterocycles. The van der Waals surface area contributed by atoms with E-state index in [1.165, 1.54) is 27.0 Å². The van der Waals surface area contributed by atoms with Crippen LogP contribution in [0.1, 0.15) is 24.2 Å². The van der Waals surface area contributed by atoms with Gasteiger partial charge in [-0.2, -0.15) is 0 Å². The van der Waals surface area contributed by atoms with Gasteiger partial charge in [0.05, 0.1) is 12.7 Å². The summed E-state index contributed by atoms with van der Waals surface area (Å²) in [5, 5.41) is 8.95. The van der Waals surface area contributed by atoms with Crippen LogP contribution in [0.4, 0.5) is 4.39 Å². The van der Waals surface area contributed by atoms with Gasteiger partial charge in [0.2, 0.25) is 0 Å². The molecule has 4 nitrogen and oxygen atoms in total. The molecule has 0 atom stereocenters. The Morgan fingerprint density at radius 3 is 2.41 bits per heavy atom. The zero-order valence-corrected chi connectivity index (χ0v) is 9.78. The number of carboxylic acid groups (broad SMARTS) is 1. The number of carboxylic acids is 1. The van der Waals surface area contributed by atoms with E-state index in [0.29, 0.717) is 0 Å². The molecule has 17 heavy (non-hydrogen) atoms. The number of hydrogen-bond donors (Lipinski definition) is 1. The molecule has 0 saturated heterocycles. The molecule has 0 unspecified atom stereocenters. The van der Waals surface area contributed by atoms with Crippen molar-refractivity contribution in [2.45, 2.75) is 13.8 Å². The molecule has 0 aromatic heterocycles. The van der Waals surface area contributed by atoms with Crippen molar-refractivity contribution < 1.29 is 23.8 Å². The van der Waals surface area contributed by atoms with Crippen molar-refractivity contribution >= 4 is 11.8 Å². The molecule has 1 rings (SSSR count). The first-order valence-corrected chi connectivity index (χ1v) is 4.92. The number of rotatable bonds is 4. The lowest BCUT2D eigenvalue weighted by molar-refractivity contribution is -0.144. The third-order valence-electron chi connectivity index (χ3n) is 2.51. The third-order valence-corrected chi connectivity index (χ3v) is 2.51. The molecule has 1 N–H and O–H groups in total. The Bertz CT molecular complexity index is 466. The van der Waals surface area contributed by atoms with Crippen LogP contribution in [0.3, 0.4) is 0 Å². The largest absolute Gasteiger partial charge is 0.496 e. The number of carbonyl (C=O) groups excluding carboxylic acids is 1. The highest BCUT2D eigenvalue weighted by Gasteiger charge is 2.38. The average molecular weight is 240 g/mol. The zero-order valence-electron chi connectivity index (χ0n) is 9.78. The molecule has 92 valence electrons. The van der Waals surface area contributed by atoms with Gasteiger partial charge in [0.1, 0.15) is 17.0 Å². The normalized spacial score (nSPS) is 11.1. The fraction of sp³-hybridized carbons (Fsp3) is 0.333. The first-order chi connectivity index (χ1) is 7.80. The average Bonchev–Trinajstić information content (AvgIpc) is 2.27. The second-order valence-corrected chi connectivity index (χ2v) is 4.10. The van der Waals surface area contributed by atoms with Crippen LogP contribution in [0.15, 0.2) is 18.2 Å². The molecule has 1 aromatic rings. The van der Waals surface area contributed by atoms with Crippen LogP contribution in [0, 0.1) is 11.2 Å². The highest BCUT2D eigenvalue weighted by Crippen LogP contribution is 2.28. The SMILES string of the molecule is COc1ccc(F)cc1C(=O)C(C)(C)C(=O)O. The standard InChI is InChI=1S/C12H13FO4/c1-12(2,11(15)16)10(14)8-6-7(13)4-5-9(8)17-3/h4-6H,1-3H3,(H,15,16). The Hall–Kier alpha value is -1.91. The van der Waals surface area contributed by atoms with Crippen LogP contribution in [0.25, 0.3) is 0 Å². The van der Waals surface area contributed by atoms with Crippen LogP contribution < -0.4 is 4.74 Å². The predicted molar refractivity (Wildman–Crippen MR) is 58.7 cm³/mol. The minimum Gasteiger partial charge on any atom is -0.496 e. The summed E-state index contributed by atoms with van der Waals surface area (Å²) >= 11 is 0. The summed E-state index contributed by atoms with van der Waals surface area (Å²) in [4.78, 5) is 23.0. The van der Waals surface area contributed by atoms with Crippen LogP contribution in [0.5, 0.6) is 5.75 Å². The van der Waals surface area contributed by atoms with E-state index in [1.807, 2.05) is 0 Å². The van der Waals surface area contributed by atoms with E-state index in [4.69, 9.17) is 9.84 Å². The van der Waals surface area contributed by atoms with Gasteiger partial charge >= 0.3 is 5.97 Å². The first kappa shape index (κ1) is 13.2. The molecule has 0 spiro atoms. The van der Waals surface area contributed by atoms with E-state index in [0.717, 1.165) is 12.1 Å². The van der Waals surface area contributed by atoms with Gasteiger partial charge in [-0.1, -0.05) is 0 Å². The highest BCUT2D eigenvalue weighted by molar-refractivity contribution is 6.12. The summed E-state index contributed by atoms with van der Waals surface area (Å²) in [7, 11) is 1.33. The van der Waals surface area contributed by atoms with Crippen molar-refractivity contribution in [2.75, 3.05) is 7.11 Å². The molecular formula is C12H13FO4. The van der Waals surface area contributed by atoms with Crippen molar-refractivity contribution in [1.29, 1.82) is 0 Å². The third kappa shape index (κ3) is 2.43. The molecule has 0 saturated carbocycles. The Balaban J connectivity index is 3.29. The minimum absolute atomic E-state index is 0.0695. The van der Waals surface area contributed by atoms with Gasteiger partial charge in [-0.3, -0.25) is 9.59 Å². The van der Waals surface area contributed by atoms with Gasteiger partial charge in [0.15, 0.2) is 5.78 Å². The van der Waals surface area contributed by atoms with Gasteiger partial charge in [0.25, 0.3) is 0 Å². The van der Waals surface area contributed by atoms with Crippen molar-refractivity contribution in [3.63, 3.8) is 0 Å². The number of ketones is 1. The Morgan fingerprint density at radius 2 is 1.94 bits per heavy atom. The van der Waals surface area contributed by atoms with Gasteiger partial charge in [-0.25, -0.2) is 4.39 Å². The summed E-state index contributed by atoms with van der Waals surface area (Å²) in [6.07, 6.45) is 0. The molecule has 0 aliphatic rings. The summed E-state index contributed by atoms with van der Waals surface area (Å²) < 4.78 is 18.0. The predicted octanol–water partition coefficient (Wildman–Crippen LogP) is 2.13. The summed E-state index contributed by atoms with van der Waals surface area (Å²) in [6.45, 7) is 2.53. The van der Waals surface area contributed by atoms with Crippen molar-refractivity contribution in [3.8, 4) is 5.75 Å². The fourth-order valence-electron chi connectivity index (χ4n) is 1.29. The maximum absolute atomic E-state index is 13.1. The maximum Gasteiger partial charge on any atom is 0.317 e. The lowest BCUT2D eigenvalue weighted by Gasteiger charge is -2.19. The first-order valence-electron chi connectivity index (χ1n) is 4.92. The van der Waals surface area contributed by atoms with Crippen LogP contribution in [-0.4, -0.2) is 24.0 Å². The van der Waals surface area contributed by atoms with Crippen LogP contribution in [-0.2, 0) is 4.79 Å². The second-order valence-electron chi connectivity index (χ2n) is 4.10. The van der Waals surface area contributed by atoms with Crippen molar-refractivity contribution in [1.82, 2.24) is 0 Å². The van der Waals surface area contributed by atoms with Gasteiger partial charge in [-0.15, -0.1) is 0 Å². The van der Waals surface area contributed by atoms with Crippen LogP contribution in [0.2, 0.25) is 0 Å². The lowest BCUT2D eigenvalue weighted by atomic mass is 9.84. The number of ether oxygens (including phenoxy) is 1. The van der Waals surface area contributed by atoms with Gasteiger partial charge in [0, 0.05) is 0 Å². The van der Waals surface area contributed by atoms with E-state index < -0.39 is 23.0 Å². The van der Waals surface area contributed by atoms with E-state index in [9.17, 15) is 14.0 Å². The van der Waals surface area contributed by atoms with Gasteiger partial charge in [-0.05, 0) is 32.0 Å². The number of Topliss-reactive ketones (excluding diaryl/α,β-unsaturated/α-hetero) is 1. The van der Waals surface area contributed by atoms with Crippen molar-refractivity contribution in [3.05, 3.63) is 29.6 Å².